The van der Waals surface area contributed by atoms with Crippen molar-refractivity contribution in [1.82, 2.24) is 0 Å². The average molecular weight is 813 g/mol. The Kier molecular flexibility index (Phi) is 25.3. The Labute approximate surface area is 310 Å². The van der Waals surface area contributed by atoms with Gasteiger partial charge in [0.25, 0.3) is 0 Å². The zero-order valence-electron chi connectivity index (χ0n) is 22.6. The van der Waals surface area contributed by atoms with Gasteiger partial charge in [-0.05, 0) is 19.3 Å². The molecule has 0 aliphatic carbocycles. The molecule has 6 rings (SSSR count). The SMILES string of the molecule is CCc1ccc2[cH-]ccc2c1.CCc1ccc2[cH-]ccc2c1.CCc1ccc2[cH-]ccc2c1.[Br-].[Br-].[Br-].[Ti+2].[Ti+2].[Ti+2]. The van der Waals surface area contributed by atoms with Crippen molar-refractivity contribution in [3.63, 3.8) is 0 Å². The minimum atomic E-state index is 0. The maximum absolute atomic E-state index is 2.26. The Hall–Kier alpha value is 0.0729. The van der Waals surface area contributed by atoms with Crippen LogP contribution in [0.5, 0.6) is 0 Å². The average Bonchev–Trinajstić information content (AvgIpc) is 3.63. The summed E-state index contributed by atoms with van der Waals surface area (Å²) in [6, 6.07) is 39.2. The van der Waals surface area contributed by atoms with Gasteiger partial charge in [-0.1, -0.05) is 37.5 Å². The predicted octanol–water partition coefficient (Wildman–Crippen LogP) is 0.368. The summed E-state index contributed by atoms with van der Waals surface area (Å²) in [6.45, 7) is 6.55. The molecule has 0 bridgehead atoms. The number of hydrogen-bond donors (Lipinski definition) is 0. The van der Waals surface area contributed by atoms with Crippen molar-refractivity contribution in [3.05, 3.63) is 126 Å². The Bertz CT molecular complexity index is 1270. The van der Waals surface area contributed by atoms with E-state index in [1.54, 1.807) is 0 Å². The third-order valence-electron chi connectivity index (χ3n) is 6.33. The molecule has 0 amide bonds. The van der Waals surface area contributed by atoms with Gasteiger partial charge < -0.3 is 50.9 Å². The summed E-state index contributed by atoms with van der Waals surface area (Å²) >= 11 is 0. The summed E-state index contributed by atoms with van der Waals surface area (Å²) in [6.07, 6.45) is 3.38. The van der Waals surface area contributed by atoms with E-state index >= 15 is 0 Å². The van der Waals surface area contributed by atoms with Crippen LogP contribution in [0.25, 0.3) is 32.3 Å². The second-order valence-corrected chi connectivity index (χ2v) is 8.53. The Morgan fingerprint density at radius 3 is 0.897 bits per heavy atom. The molecule has 0 atom stereocenters. The first kappa shape index (κ1) is 43.5. The molecule has 0 radical (unpaired) electrons. The molecule has 0 fully saturated rings. The van der Waals surface area contributed by atoms with Gasteiger partial charge in [0.1, 0.15) is 0 Å². The summed E-state index contributed by atoms with van der Waals surface area (Å²) in [4.78, 5) is 0. The number of hydrogen-bond acceptors (Lipinski definition) is 0. The van der Waals surface area contributed by atoms with E-state index in [1.165, 1.54) is 49.0 Å². The molecule has 6 aromatic carbocycles. The minimum absolute atomic E-state index is 0. The van der Waals surface area contributed by atoms with E-state index in [9.17, 15) is 0 Å². The number of halogens is 3. The minimum Gasteiger partial charge on any atom is -1.00 e. The van der Waals surface area contributed by atoms with Crippen LogP contribution in [0.4, 0.5) is 0 Å². The predicted molar refractivity (Wildman–Crippen MR) is 147 cm³/mol. The van der Waals surface area contributed by atoms with Crippen molar-refractivity contribution in [2.45, 2.75) is 40.0 Å². The molecule has 0 nitrogen and oxygen atoms in total. The standard InChI is InChI=1S/3C11H11.3BrH.3Ti/c3*1-2-9-6-7-10-4-3-5-11(10)8-9;;;;;;/h3*3-8H,2H2,1H3;3*1H;;;/q3*-1;;;;3*+2/p-3. The van der Waals surface area contributed by atoms with E-state index in [-0.39, 0.29) is 116 Å². The fourth-order valence-corrected chi connectivity index (χ4v) is 4.19. The van der Waals surface area contributed by atoms with Crippen LogP contribution in [0.3, 0.4) is 0 Å². The molecule has 6 aromatic rings. The smallest absolute Gasteiger partial charge is 1.00 e. The third kappa shape index (κ3) is 12.5. The molecule has 0 aliphatic rings. The van der Waals surface area contributed by atoms with E-state index in [0.29, 0.717) is 0 Å². The van der Waals surface area contributed by atoms with Crippen LogP contribution in [0.15, 0.2) is 109 Å². The fourth-order valence-electron chi connectivity index (χ4n) is 4.19. The largest absolute Gasteiger partial charge is 2.00 e. The van der Waals surface area contributed by atoms with Crippen molar-refractivity contribution in [1.29, 1.82) is 0 Å². The van der Waals surface area contributed by atoms with Crippen LogP contribution < -0.4 is 50.9 Å². The summed E-state index contributed by atoms with van der Waals surface area (Å²) in [5.74, 6) is 0. The first-order valence-electron chi connectivity index (χ1n) is 12.1. The number of benzene rings is 3. The summed E-state index contributed by atoms with van der Waals surface area (Å²) < 4.78 is 0. The van der Waals surface area contributed by atoms with Gasteiger partial charge >= 0.3 is 65.2 Å². The normalized spacial score (nSPS) is 9.00. The van der Waals surface area contributed by atoms with Gasteiger partial charge in [0.2, 0.25) is 0 Å². The van der Waals surface area contributed by atoms with E-state index in [4.69, 9.17) is 0 Å². The van der Waals surface area contributed by atoms with E-state index < -0.39 is 0 Å². The van der Waals surface area contributed by atoms with Crippen LogP contribution in [0.2, 0.25) is 0 Å². The molecule has 0 heterocycles. The van der Waals surface area contributed by atoms with Gasteiger partial charge in [-0.15, -0.1) is 89.0 Å². The van der Waals surface area contributed by atoms with E-state index in [1.807, 2.05) is 0 Å². The van der Waals surface area contributed by atoms with Gasteiger partial charge in [-0.3, -0.25) is 0 Å². The molecule has 0 unspecified atom stereocenters. The summed E-state index contributed by atoms with van der Waals surface area (Å²) in [7, 11) is 0. The van der Waals surface area contributed by atoms with Gasteiger partial charge in [0.05, 0.1) is 0 Å². The molecular formula is C33H33Br3Ti3. The van der Waals surface area contributed by atoms with Crippen LogP contribution in [0.1, 0.15) is 37.5 Å². The molecule has 6 heteroatoms. The quantitative estimate of drug-likeness (QED) is 0.179. The molecular weight excluding hydrogens is 780 g/mol. The summed E-state index contributed by atoms with van der Waals surface area (Å²) in [5.41, 5.74) is 4.26. The molecule has 198 valence electrons. The molecule has 0 spiro atoms. The van der Waals surface area contributed by atoms with Crippen LogP contribution in [-0.2, 0) is 84.4 Å². The van der Waals surface area contributed by atoms with Crippen LogP contribution in [0, 0.1) is 0 Å². The second-order valence-electron chi connectivity index (χ2n) is 8.53. The number of aryl methyl sites for hydroxylation is 3. The van der Waals surface area contributed by atoms with Crippen LogP contribution >= 0.6 is 0 Å². The van der Waals surface area contributed by atoms with Crippen LogP contribution in [-0.4, -0.2) is 0 Å². The van der Waals surface area contributed by atoms with Crippen molar-refractivity contribution in [2.75, 3.05) is 0 Å². The number of rotatable bonds is 3. The Balaban J connectivity index is -0.000000463. The van der Waals surface area contributed by atoms with Crippen molar-refractivity contribution in [3.8, 4) is 0 Å². The monoisotopic (exact) mass is 810 g/mol. The zero-order valence-corrected chi connectivity index (χ0v) is 32.1. The third-order valence-corrected chi connectivity index (χ3v) is 6.33. The van der Waals surface area contributed by atoms with Crippen molar-refractivity contribution in [2.24, 2.45) is 0 Å². The Morgan fingerprint density at radius 1 is 0.410 bits per heavy atom. The van der Waals surface area contributed by atoms with Gasteiger partial charge in [0, 0.05) is 0 Å². The van der Waals surface area contributed by atoms with Crippen molar-refractivity contribution >= 4 is 32.3 Å². The molecule has 0 aliphatic heterocycles. The second kappa shape index (κ2) is 22.6. The first-order valence-corrected chi connectivity index (χ1v) is 12.1. The first-order chi connectivity index (χ1) is 16.2. The topological polar surface area (TPSA) is 0 Å². The number of fused-ring (bicyclic) bond motifs is 3. The van der Waals surface area contributed by atoms with Crippen molar-refractivity contribution < 1.29 is 116 Å². The molecule has 39 heavy (non-hydrogen) atoms. The maximum atomic E-state index is 2.26. The van der Waals surface area contributed by atoms with Gasteiger partial charge in [-0.25, -0.2) is 0 Å². The molecule has 0 saturated heterocycles. The van der Waals surface area contributed by atoms with Gasteiger partial charge in [0.15, 0.2) is 0 Å². The maximum Gasteiger partial charge on any atom is 2.00 e. The molecule has 0 aromatic heterocycles. The fraction of sp³-hybridized carbons (Fsp3) is 0.182. The van der Waals surface area contributed by atoms with Gasteiger partial charge in [-0.2, -0.15) is 52.6 Å². The Morgan fingerprint density at radius 2 is 0.667 bits per heavy atom. The molecule has 0 saturated carbocycles. The zero-order chi connectivity index (χ0) is 23.0. The summed E-state index contributed by atoms with van der Waals surface area (Å²) in [5, 5.41) is 8.14. The van der Waals surface area contributed by atoms with E-state index in [0.717, 1.165) is 19.3 Å². The van der Waals surface area contributed by atoms with E-state index in [2.05, 4.69) is 130 Å². The molecule has 0 N–H and O–H groups in total.